The summed E-state index contributed by atoms with van der Waals surface area (Å²) < 4.78 is 14.9. The number of hydrogen-bond acceptors (Lipinski definition) is 8. The van der Waals surface area contributed by atoms with E-state index in [0.717, 1.165) is 11.0 Å². The maximum Gasteiger partial charge on any atom is 0.373 e. The van der Waals surface area contributed by atoms with Gasteiger partial charge in [0.1, 0.15) is 11.5 Å². The smallest absolute Gasteiger partial charge is 0.373 e. The number of rotatable bonds is 6. The van der Waals surface area contributed by atoms with E-state index in [1.165, 1.54) is 38.5 Å². The van der Waals surface area contributed by atoms with Crippen LogP contribution in [0, 0.1) is 10.1 Å². The molecule has 0 saturated carbocycles. The van der Waals surface area contributed by atoms with Crippen LogP contribution in [0.15, 0.2) is 34.4 Å². The van der Waals surface area contributed by atoms with Gasteiger partial charge in [0, 0.05) is 16.7 Å². The fraction of sp³-hybridized carbons (Fsp3) is 0.167. The number of nitrogens with one attached hydrogen (secondary N) is 1. The topological polar surface area (TPSA) is 141 Å². The number of esters is 1. The van der Waals surface area contributed by atoms with Gasteiger partial charge in [-0.2, -0.15) is 0 Å². The highest BCUT2D eigenvalue weighted by Crippen LogP contribution is 2.36. The third kappa shape index (κ3) is 3.96. The van der Waals surface area contributed by atoms with Crippen LogP contribution in [0.5, 0.6) is 5.75 Å². The van der Waals surface area contributed by atoms with Gasteiger partial charge in [-0.3, -0.25) is 19.8 Å². The van der Waals surface area contributed by atoms with Gasteiger partial charge in [-0.05, 0) is 24.3 Å². The number of urea groups is 1. The molecule has 1 aliphatic heterocycles. The number of amides is 3. The van der Waals surface area contributed by atoms with Crippen molar-refractivity contribution < 1.29 is 33.2 Å². The molecule has 1 aliphatic rings. The summed E-state index contributed by atoms with van der Waals surface area (Å²) in [5.41, 5.74) is -0.404. The molecule has 1 saturated heterocycles. The standard InChI is InChI=1S/C18H14ClN3O8/c1-28-15-9(5-10(19)7-13(15)22(26)27)6-12-16(23)21(18(25)20-12)8-11-3-4-14(30-11)17(24)29-2/h3-7H,8H2,1-2H3,(H,20,25). The lowest BCUT2D eigenvalue weighted by atomic mass is 10.1. The minimum absolute atomic E-state index is 0.0499. The molecule has 1 aromatic carbocycles. The molecule has 2 heterocycles. The minimum atomic E-state index is -0.738. The molecule has 0 aliphatic carbocycles. The molecule has 2 aromatic rings. The van der Waals surface area contributed by atoms with Gasteiger partial charge in [-0.1, -0.05) is 11.6 Å². The lowest BCUT2D eigenvalue weighted by molar-refractivity contribution is -0.385. The van der Waals surface area contributed by atoms with Crippen molar-refractivity contribution in [3.8, 4) is 5.75 Å². The van der Waals surface area contributed by atoms with Gasteiger partial charge in [-0.25, -0.2) is 9.59 Å². The number of nitro benzene ring substituents is 1. The lowest BCUT2D eigenvalue weighted by Crippen LogP contribution is -2.30. The number of hydrogen-bond donors (Lipinski definition) is 1. The molecule has 0 radical (unpaired) electrons. The van der Waals surface area contributed by atoms with Crippen molar-refractivity contribution in [2.75, 3.05) is 14.2 Å². The predicted molar refractivity (Wildman–Crippen MR) is 102 cm³/mol. The Kier molecular flexibility index (Phi) is 5.74. The number of carbonyl (C=O) groups excluding carboxylic acids is 3. The first kappa shape index (κ1) is 20.9. The van der Waals surface area contributed by atoms with E-state index in [2.05, 4.69) is 10.1 Å². The molecule has 30 heavy (non-hydrogen) atoms. The van der Waals surface area contributed by atoms with Gasteiger partial charge in [0.05, 0.1) is 25.7 Å². The fourth-order valence-electron chi connectivity index (χ4n) is 2.76. The lowest BCUT2D eigenvalue weighted by Gasteiger charge is -2.09. The van der Waals surface area contributed by atoms with Gasteiger partial charge in [0.15, 0.2) is 0 Å². The van der Waals surface area contributed by atoms with Crippen LogP contribution >= 0.6 is 11.6 Å². The summed E-state index contributed by atoms with van der Waals surface area (Å²) in [5, 5.41) is 13.7. The average molecular weight is 436 g/mol. The van der Waals surface area contributed by atoms with Crippen molar-refractivity contribution >= 4 is 41.3 Å². The first-order valence-electron chi connectivity index (χ1n) is 8.28. The second-order valence-corrected chi connectivity index (χ2v) is 6.38. The normalized spacial score (nSPS) is 14.8. The Labute approximate surface area is 173 Å². The fourth-order valence-corrected chi connectivity index (χ4v) is 2.99. The van der Waals surface area contributed by atoms with E-state index in [1.807, 2.05) is 0 Å². The highest BCUT2D eigenvalue weighted by molar-refractivity contribution is 6.31. The van der Waals surface area contributed by atoms with Crippen LogP contribution in [0.2, 0.25) is 5.02 Å². The minimum Gasteiger partial charge on any atom is -0.490 e. The molecule has 1 fully saturated rings. The Balaban J connectivity index is 1.89. The summed E-state index contributed by atoms with van der Waals surface area (Å²) in [6.07, 6.45) is 1.22. The Bertz CT molecular complexity index is 1090. The molecule has 0 unspecified atom stereocenters. The number of furan rings is 1. The van der Waals surface area contributed by atoms with E-state index in [-0.39, 0.29) is 40.1 Å². The second-order valence-electron chi connectivity index (χ2n) is 5.94. The van der Waals surface area contributed by atoms with Crippen molar-refractivity contribution in [3.05, 3.63) is 62.2 Å². The summed E-state index contributed by atoms with van der Waals surface area (Å²) in [5.74, 6) is -1.43. The molecule has 1 aromatic heterocycles. The molecule has 3 rings (SSSR count). The maximum absolute atomic E-state index is 12.7. The van der Waals surface area contributed by atoms with Crippen molar-refractivity contribution in [1.82, 2.24) is 10.2 Å². The molecule has 0 bridgehead atoms. The SMILES string of the molecule is COC(=O)c1ccc(CN2C(=O)NC(=Cc3cc(Cl)cc([N+](=O)[O-])c3OC)C2=O)o1. The summed E-state index contributed by atoms with van der Waals surface area (Å²) in [7, 11) is 2.42. The quantitative estimate of drug-likeness (QED) is 0.240. The molecule has 3 amide bonds. The zero-order valence-corrected chi connectivity index (χ0v) is 16.4. The molecule has 0 atom stereocenters. The second kappa shape index (κ2) is 8.25. The number of halogens is 1. The molecule has 11 nitrogen and oxygen atoms in total. The molecule has 0 spiro atoms. The molecular weight excluding hydrogens is 422 g/mol. The van der Waals surface area contributed by atoms with Crippen LogP contribution < -0.4 is 10.1 Å². The van der Waals surface area contributed by atoms with E-state index in [1.54, 1.807) is 0 Å². The summed E-state index contributed by atoms with van der Waals surface area (Å²) >= 11 is 5.93. The molecule has 156 valence electrons. The van der Waals surface area contributed by atoms with E-state index in [0.29, 0.717) is 0 Å². The Morgan fingerprint density at radius 1 is 1.33 bits per heavy atom. The van der Waals surface area contributed by atoms with Crippen molar-refractivity contribution in [1.29, 1.82) is 0 Å². The van der Waals surface area contributed by atoms with Crippen LogP contribution in [0.4, 0.5) is 10.5 Å². The number of carbonyl (C=O) groups is 3. The molecule has 12 heteroatoms. The van der Waals surface area contributed by atoms with Gasteiger partial charge >= 0.3 is 17.7 Å². The summed E-state index contributed by atoms with van der Waals surface area (Å²) in [6.45, 7) is -0.244. The highest BCUT2D eigenvalue weighted by atomic mass is 35.5. The average Bonchev–Trinajstić information content (AvgIpc) is 3.27. The molecular formula is C18H14ClN3O8. The van der Waals surface area contributed by atoms with E-state index >= 15 is 0 Å². The Hall–Kier alpha value is -3.86. The van der Waals surface area contributed by atoms with Crippen LogP contribution in [-0.4, -0.2) is 42.0 Å². The van der Waals surface area contributed by atoms with Crippen LogP contribution in [-0.2, 0) is 16.1 Å². The van der Waals surface area contributed by atoms with Crippen LogP contribution in [0.3, 0.4) is 0 Å². The first-order chi connectivity index (χ1) is 14.2. The maximum atomic E-state index is 12.7. The van der Waals surface area contributed by atoms with E-state index < -0.39 is 28.5 Å². The van der Waals surface area contributed by atoms with Crippen LogP contribution in [0.25, 0.3) is 6.08 Å². The number of nitro groups is 1. The molecule has 1 N–H and O–H groups in total. The third-order valence-corrected chi connectivity index (χ3v) is 4.31. The summed E-state index contributed by atoms with van der Waals surface area (Å²) in [6, 6.07) is 4.51. The van der Waals surface area contributed by atoms with E-state index in [9.17, 15) is 24.5 Å². The number of methoxy groups -OCH3 is 2. The van der Waals surface area contributed by atoms with Crippen molar-refractivity contribution in [3.63, 3.8) is 0 Å². The van der Waals surface area contributed by atoms with Gasteiger partial charge < -0.3 is 19.2 Å². The predicted octanol–water partition coefficient (Wildman–Crippen LogP) is 2.73. The van der Waals surface area contributed by atoms with Gasteiger partial charge in [0.2, 0.25) is 11.5 Å². The Morgan fingerprint density at radius 3 is 2.70 bits per heavy atom. The van der Waals surface area contributed by atoms with Crippen molar-refractivity contribution in [2.45, 2.75) is 6.54 Å². The number of benzene rings is 1. The summed E-state index contributed by atoms with van der Waals surface area (Å²) in [4.78, 5) is 47.7. The van der Waals surface area contributed by atoms with Crippen LogP contribution in [0.1, 0.15) is 21.9 Å². The van der Waals surface area contributed by atoms with Gasteiger partial charge in [-0.15, -0.1) is 0 Å². The largest absolute Gasteiger partial charge is 0.490 e. The van der Waals surface area contributed by atoms with Gasteiger partial charge in [0.25, 0.3) is 5.91 Å². The first-order valence-corrected chi connectivity index (χ1v) is 8.66. The number of imide groups is 1. The monoisotopic (exact) mass is 435 g/mol. The highest BCUT2D eigenvalue weighted by Gasteiger charge is 2.35. The zero-order chi connectivity index (χ0) is 22.0. The van der Waals surface area contributed by atoms with Crippen molar-refractivity contribution in [2.24, 2.45) is 0 Å². The number of ether oxygens (including phenoxy) is 2. The third-order valence-electron chi connectivity index (χ3n) is 4.09. The Morgan fingerprint density at radius 2 is 2.07 bits per heavy atom. The number of nitrogens with zero attached hydrogens (tertiary/aromatic N) is 2. The van der Waals surface area contributed by atoms with E-state index in [4.69, 9.17) is 20.8 Å². The zero-order valence-electron chi connectivity index (χ0n) is 15.6.